The van der Waals surface area contributed by atoms with Gasteiger partial charge in [-0.05, 0) is 61.4 Å². The van der Waals surface area contributed by atoms with Gasteiger partial charge in [0.25, 0.3) is 5.91 Å². The molecule has 0 unspecified atom stereocenters. The number of piperidine rings is 1. The van der Waals surface area contributed by atoms with Gasteiger partial charge in [-0.3, -0.25) is 4.79 Å². The molecule has 1 N–H and O–H groups in total. The molecule has 2 aromatic rings. The number of amides is 1. The quantitative estimate of drug-likeness (QED) is 0.620. The fraction of sp³-hybridized carbons (Fsp3) is 0.417. The summed E-state index contributed by atoms with van der Waals surface area (Å²) in [6.45, 7) is 0.432. The Bertz CT molecular complexity index is 1150. The molecule has 1 aliphatic carbocycles. The second-order valence-corrected chi connectivity index (χ2v) is 10.7. The minimum atomic E-state index is -3.73. The van der Waals surface area contributed by atoms with E-state index in [1.54, 1.807) is 0 Å². The third-order valence-electron chi connectivity index (χ3n) is 6.15. The SMILES string of the molecule is O=C(COC(=O)c1cc(S(=O)(=O)N2CCCCC2)ccc1Cl)N[C@H]1CCCc2ccccc21. The Morgan fingerprint density at radius 2 is 1.82 bits per heavy atom. The number of esters is 1. The van der Waals surface area contributed by atoms with Crippen LogP contribution in [0.4, 0.5) is 0 Å². The van der Waals surface area contributed by atoms with Gasteiger partial charge in [-0.2, -0.15) is 4.31 Å². The number of benzene rings is 2. The number of ether oxygens (including phenoxy) is 1. The largest absolute Gasteiger partial charge is 0.452 e. The van der Waals surface area contributed by atoms with Crippen molar-refractivity contribution >= 4 is 33.5 Å². The normalized spacial score (nSPS) is 18.9. The summed E-state index contributed by atoms with van der Waals surface area (Å²) in [5.41, 5.74) is 2.22. The lowest BCUT2D eigenvalue weighted by Gasteiger charge is -2.26. The number of carbonyl (C=O) groups is 2. The second-order valence-electron chi connectivity index (χ2n) is 8.39. The molecule has 7 nitrogen and oxygen atoms in total. The van der Waals surface area contributed by atoms with Gasteiger partial charge in [0, 0.05) is 13.1 Å². The highest BCUT2D eigenvalue weighted by atomic mass is 35.5. The molecule has 0 spiro atoms. The van der Waals surface area contributed by atoms with Crippen LogP contribution in [0.15, 0.2) is 47.4 Å². The minimum Gasteiger partial charge on any atom is -0.452 e. The zero-order valence-corrected chi connectivity index (χ0v) is 19.8. The summed E-state index contributed by atoms with van der Waals surface area (Å²) in [7, 11) is -3.73. The van der Waals surface area contributed by atoms with Gasteiger partial charge < -0.3 is 10.1 Å². The van der Waals surface area contributed by atoms with Gasteiger partial charge in [-0.1, -0.05) is 42.3 Å². The van der Waals surface area contributed by atoms with Crippen LogP contribution in [0, 0.1) is 0 Å². The van der Waals surface area contributed by atoms with Crippen molar-refractivity contribution in [3.63, 3.8) is 0 Å². The number of rotatable bonds is 6. The Kier molecular flexibility index (Phi) is 7.36. The third kappa shape index (κ3) is 5.39. The molecule has 2 aromatic carbocycles. The predicted molar refractivity (Wildman–Crippen MR) is 125 cm³/mol. The summed E-state index contributed by atoms with van der Waals surface area (Å²) < 4.78 is 32.4. The summed E-state index contributed by atoms with van der Waals surface area (Å²) in [4.78, 5) is 25.1. The first-order valence-corrected chi connectivity index (χ1v) is 13.0. The Morgan fingerprint density at radius 1 is 1.06 bits per heavy atom. The van der Waals surface area contributed by atoms with Crippen LogP contribution in [-0.4, -0.2) is 44.3 Å². The Labute approximate surface area is 199 Å². The first kappa shape index (κ1) is 23.7. The van der Waals surface area contributed by atoms with Crippen molar-refractivity contribution < 1.29 is 22.7 Å². The van der Waals surface area contributed by atoms with Crippen LogP contribution in [-0.2, 0) is 26.0 Å². The van der Waals surface area contributed by atoms with Crippen molar-refractivity contribution in [2.75, 3.05) is 19.7 Å². The monoisotopic (exact) mass is 490 g/mol. The molecule has 9 heteroatoms. The van der Waals surface area contributed by atoms with Crippen molar-refractivity contribution in [3.8, 4) is 0 Å². The molecular formula is C24H27ClN2O5S. The van der Waals surface area contributed by atoms with Gasteiger partial charge in [0.15, 0.2) is 6.61 Å². The molecule has 0 aromatic heterocycles. The van der Waals surface area contributed by atoms with Crippen molar-refractivity contribution in [1.82, 2.24) is 9.62 Å². The van der Waals surface area contributed by atoms with Crippen molar-refractivity contribution in [2.24, 2.45) is 0 Å². The number of nitrogens with one attached hydrogen (secondary N) is 1. The number of fused-ring (bicyclic) bond motifs is 1. The van der Waals surface area contributed by atoms with Crippen LogP contribution in [0.25, 0.3) is 0 Å². The van der Waals surface area contributed by atoms with E-state index in [9.17, 15) is 18.0 Å². The molecule has 176 valence electrons. The number of aryl methyl sites for hydroxylation is 1. The fourth-order valence-corrected chi connectivity index (χ4v) is 6.16. The fourth-order valence-electron chi connectivity index (χ4n) is 4.42. The van der Waals surface area contributed by atoms with Gasteiger partial charge >= 0.3 is 5.97 Å². The van der Waals surface area contributed by atoms with E-state index in [-0.39, 0.29) is 21.5 Å². The third-order valence-corrected chi connectivity index (χ3v) is 8.37. The minimum absolute atomic E-state index is 0.0102. The highest BCUT2D eigenvalue weighted by Gasteiger charge is 2.28. The van der Waals surface area contributed by atoms with Crippen LogP contribution in [0.3, 0.4) is 0 Å². The molecule has 0 saturated carbocycles. The van der Waals surface area contributed by atoms with Gasteiger partial charge in [0.2, 0.25) is 10.0 Å². The van der Waals surface area contributed by atoms with Gasteiger partial charge in [0.1, 0.15) is 0 Å². The molecule has 0 bridgehead atoms. The Morgan fingerprint density at radius 3 is 2.61 bits per heavy atom. The summed E-state index contributed by atoms with van der Waals surface area (Å²) >= 11 is 6.14. The molecule has 1 saturated heterocycles. The topological polar surface area (TPSA) is 92.8 Å². The molecule has 1 amide bonds. The van der Waals surface area contributed by atoms with Crippen LogP contribution in [0.2, 0.25) is 5.02 Å². The first-order valence-electron chi connectivity index (χ1n) is 11.2. The standard InChI is InChI=1S/C24H27ClN2O5S/c25-21-12-11-18(33(30,31)27-13-4-1-5-14-27)15-20(21)24(29)32-16-23(28)26-22-10-6-8-17-7-2-3-9-19(17)22/h2-3,7,9,11-12,15,22H,1,4-6,8,10,13-14,16H2,(H,26,28)/t22-/m0/s1. The average Bonchev–Trinajstić information content (AvgIpc) is 2.83. The summed E-state index contributed by atoms with van der Waals surface area (Å²) in [6.07, 6.45) is 5.38. The van der Waals surface area contributed by atoms with Gasteiger partial charge in [0.05, 0.1) is 21.5 Å². The maximum absolute atomic E-state index is 12.9. The maximum Gasteiger partial charge on any atom is 0.340 e. The summed E-state index contributed by atoms with van der Waals surface area (Å²) in [5.74, 6) is -1.26. The van der Waals surface area contributed by atoms with Crippen LogP contribution in [0.5, 0.6) is 0 Å². The maximum atomic E-state index is 12.9. The Balaban J connectivity index is 1.40. The van der Waals surface area contributed by atoms with Crippen LogP contribution >= 0.6 is 11.6 Å². The smallest absolute Gasteiger partial charge is 0.340 e. The van der Waals surface area contributed by atoms with E-state index in [0.29, 0.717) is 13.1 Å². The zero-order valence-electron chi connectivity index (χ0n) is 18.3. The second kappa shape index (κ2) is 10.2. The van der Waals surface area contributed by atoms with Gasteiger partial charge in [-0.25, -0.2) is 13.2 Å². The van der Waals surface area contributed by atoms with E-state index >= 15 is 0 Å². The van der Waals surface area contributed by atoms with Crippen LogP contribution in [0.1, 0.15) is 59.6 Å². The molecule has 2 aliphatic rings. The Hall–Kier alpha value is -2.42. The summed E-state index contributed by atoms with van der Waals surface area (Å²) in [6, 6.07) is 11.8. The first-order chi connectivity index (χ1) is 15.9. The average molecular weight is 491 g/mol. The van der Waals surface area contributed by atoms with E-state index in [4.69, 9.17) is 16.3 Å². The van der Waals surface area contributed by atoms with E-state index in [0.717, 1.165) is 44.1 Å². The molecular weight excluding hydrogens is 464 g/mol. The highest BCUT2D eigenvalue weighted by Crippen LogP contribution is 2.29. The lowest BCUT2D eigenvalue weighted by atomic mass is 9.88. The highest BCUT2D eigenvalue weighted by molar-refractivity contribution is 7.89. The number of halogens is 1. The molecule has 1 heterocycles. The molecule has 1 fully saturated rings. The lowest BCUT2D eigenvalue weighted by Crippen LogP contribution is -2.35. The molecule has 4 rings (SSSR count). The number of sulfonamides is 1. The number of hydrogen-bond acceptors (Lipinski definition) is 5. The van der Waals surface area contributed by atoms with E-state index in [1.165, 1.54) is 28.1 Å². The number of carbonyl (C=O) groups excluding carboxylic acids is 2. The molecule has 1 aliphatic heterocycles. The van der Waals surface area contributed by atoms with E-state index in [1.807, 2.05) is 18.2 Å². The lowest BCUT2D eigenvalue weighted by molar-refractivity contribution is -0.125. The zero-order chi connectivity index (χ0) is 23.4. The molecule has 33 heavy (non-hydrogen) atoms. The van der Waals surface area contributed by atoms with Crippen molar-refractivity contribution in [2.45, 2.75) is 49.5 Å². The summed E-state index contributed by atoms with van der Waals surface area (Å²) in [5, 5.41) is 2.99. The van der Waals surface area contributed by atoms with Crippen molar-refractivity contribution in [1.29, 1.82) is 0 Å². The van der Waals surface area contributed by atoms with E-state index in [2.05, 4.69) is 11.4 Å². The van der Waals surface area contributed by atoms with Crippen molar-refractivity contribution in [3.05, 3.63) is 64.2 Å². The molecule has 1 atom stereocenters. The van der Waals surface area contributed by atoms with Crippen LogP contribution < -0.4 is 5.32 Å². The number of nitrogens with zero attached hydrogens (tertiary/aromatic N) is 1. The van der Waals surface area contributed by atoms with E-state index < -0.39 is 28.5 Å². The molecule has 0 radical (unpaired) electrons. The number of hydrogen-bond donors (Lipinski definition) is 1. The van der Waals surface area contributed by atoms with Gasteiger partial charge in [-0.15, -0.1) is 0 Å². The predicted octanol–water partition coefficient (Wildman–Crippen LogP) is 3.87.